The number of rotatable bonds is 4. The molecular formula is C17H18F2N2O2S. The van der Waals surface area contributed by atoms with Crippen molar-refractivity contribution in [1.82, 2.24) is 10.0 Å². The third-order valence-corrected chi connectivity index (χ3v) is 5.63. The maximum absolute atomic E-state index is 13.9. The summed E-state index contributed by atoms with van der Waals surface area (Å²) in [6.07, 6.45) is 0.880. The molecule has 0 aromatic heterocycles. The quantitative estimate of drug-likeness (QED) is 0.889. The minimum Gasteiger partial charge on any atom is -0.308 e. The monoisotopic (exact) mass is 352 g/mol. The van der Waals surface area contributed by atoms with E-state index in [0.717, 1.165) is 24.6 Å². The molecule has 0 saturated carbocycles. The van der Waals surface area contributed by atoms with E-state index in [2.05, 4.69) is 10.0 Å². The maximum atomic E-state index is 13.9. The zero-order chi connectivity index (χ0) is 17.3. The van der Waals surface area contributed by atoms with Crippen LogP contribution in [-0.2, 0) is 16.4 Å². The Labute approximate surface area is 139 Å². The fourth-order valence-corrected chi connectivity index (χ4v) is 4.07. The van der Waals surface area contributed by atoms with Crippen LogP contribution in [0.1, 0.15) is 22.7 Å². The van der Waals surface area contributed by atoms with Gasteiger partial charge in [0.25, 0.3) is 0 Å². The topological polar surface area (TPSA) is 58.2 Å². The van der Waals surface area contributed by atoms with Crippen molar-refractivity contribution in [2.24, 2.45) is 0 Å². The summed E-state index contributed by atoms with van der Waals surface area (Å²) in [4.78, 5) is -0.537. The zero-order valence-electron chi connectivity index (χ0n) is 13.1. The van der Waals surface area contributed by atoms with Crippen LogP contribution in [-0.4, -0.2) is 21.5 Å². The van der Waals surface area contributed by atoms with Crippen molar-refractivity contribution in [3.63, 3.8) is 0 Å². The summed E-state index contributed by atoms with van der Waals surface area (Å²) in [6.45, 7) is 2.23. The van der Waals surface area contributed by atoms with Gasteiger partial charge < -0.3 is 5.32 Å². The van der Waals surface area contributed by atoms with Crippen molar-refractivity contribution < 1.29 is 17.2 Å². The average Bonchev–Trinajstić information content (AvgIpc) is 2.56. The van der Waals surface area contributed by atoms with Gasteiger partial charge in [-0.3, -0.25) is 0 Å². The number of benzene rings is 2. The third-order valence-electron chi connectivity index (χ3n) is 4.20. The SMILES string of the molecule is Cc1cc(S(=O)(=O)NCC2NCCc3ccccc32)c(F)cc1F. The Kier molecular flexibility index (Phi) is 4.67. The number of fused-ring (bicyclic) bond motifs is 1. The van der Waals surface area contributed by atoms with E-state index < -0.39 is 26.6 Å². The highest BCUT2D eigenvalue weighted by Gasteiger charge is 2.24. The van der Waals surface area contributed by atoms with Gasteiger partial charge in [0.05, 0.1) is 0 Å². The molecular weight excluding hydrogens is 334 g/mol. The summed E-state index contributed by atoms with van der Waals surface area (Å²) in [5.41, 5.74) is 2.28. The minimum atomic E-state index is -4.06. The van der Waals surface area contributed by atoms with Crippen LogP contribution in [0, 0.1) is 18.6 Å². The molecule has 0 spiro atoms. The summed E-state index contributed by atoms with van der Waals surface area (Å²) in [6, 6.07) is 9.23. The average molecular weight is 352 g/mol. The van der Waals surface area contributed by atoms with E-state index in [1.807, 2.05) is 24.3 Å². The molecule has 1 aliphatic heterocycles. The Morgan fingerprint density at radius 3 is 2.75 bits per heavy atom. The van der Waals surface area contributed by atoms with Gasteiger partial charge in [-0.25, -0.2) is 21.9 Å². The second-order valence-electron chi connectivity index (χ2n) is 5.84. The molecule has 1 unspecified atom stereocenters. The normalized spacial score (nSPS) is 17.5. The van der Waals surface area contributed by atoms with Crippen molar-refractivity contribution in [3.05, 3.63) is 64.7 Å². The first kappa shape index (κ1) is 17.0. The molecule has 4 nitrogen and oxygen atoms in total. The third kappa shape index (κ3) is 3.33. The summed E-state index contributed by atoms with van der Waals surface area (Å²) < 4.78 is 54.3. The van der Waals surface area contributed by atoms with Crippen molar-refractivity contribution in [3.8, 4) is 0 Å². The fourth-order valence-electron chi connectivity index (χ4n) is 2.88. The molecule has 2 aromatic rings. The molecule has 0 fully saturated rings. The van der Waals surface area contributed by atoms with Crippen LogP contribution in [0.2, 0.25) is 0 Å². The molecule has 1 aliphatic rings. The largest absolute Gasteiger partial charge is 0.308 e. The van der Waals surface area contributed by atoms with Gasteiger partial charge in [-0.15, -0.1) is 0 Å². The number of nitrogens with one attached hydrogen (secondary N) is 2. The van der Waals surface area contributed by atoms with Gasteiger partial charge in [0, 0.05) is 18.7 Å². The highest BCUT2D eigenvalue weighted by atomic mass is 32.2. The lowest BCUT2D eigenvalue weighted by molar-refractivity contribution is 0.488. The van der Waals surface area contributed by atoms with Crippen molar-refractivity contribution >= 4 is 10.0 Å². The zero-order valence-corrected chi connectivity index (χ0v) is 14.0. The Morgan fingerprint density at radius 1 is 1.21 bits per heavy atom. The molecule has 0 bridgehead atoms. The molecule has 0 radical (unpaired) electrons. The van der Waals surface area contributed by atoms with Crippen molar-refractivity contribution in [2.75, 3.05) is 13.1 Å². The lowest BCUT2D eigenvalue weighted by atomic mass is 9.95. The number of halogens is 2. The number of aryl methyl sites for hydroxylation is 1. The minimum absolute atomic E-state index is 0.0814. The Balaban J connectivity index is 1.81. The predicted octanol–water partition coefficient (Wildman–Crippen LogP) is 2.44. The molecule has 1 atom stereocenters. The summed E-state index contributed by atoms with van der Waals surface area (Å²) in [5.74, 6) is -1.86. The van der Waals surface area contributed by atoms with Gasteiger partial charge in [0.15, 0.2) is 0 Å². The molecule has 0 aliphatic carbocycles. The molecule has 0 amide bonds. The van der Waals surface area contributed by atoms with Crippen molar-refractivity contribution in [2.45, 2.75) is 24.3 Å². The Bertz CT molecular complexity index is 869. The van der Waals surface area contributed by atoms with E-state index in [9.17, 15) is 17.2 Å². The van der Waals surface area contributed by atoms with Gasteiger partial charge in [-0.2, -0.15) is 0 Å². The fraction of sp³-hybridized carbons (Fsp3) is 0.294. The first-order valence-corrected chi connectivity index (χ1v) is 9.13. The summed E-state index contributed by atoms with van der Waals surface area (Å²) in [7, 11) is -4.06. The summed E-state index contributed by atoms with van der Waals surface area (Å²) >= 11 is 0. The molecule has 2 N–H and O–H groups in total. The molecule has 24 heavy (non-hydrogen) atoms. The van der Waals surface area contributed by atoms with Crippen LogP contribution in [0.25, 0.3) is 0 Å². The van der Waals surface area contributed by atoms with Crippen LogP contribution in [0.3, 0.4) is 0 Å². The van der Waals surface area contributed by atoms with E-state index in [1.165, 1.54) is 12.5 Å². The van der Waals surface area contributed by atoms with E-state index in [-0.39, 0.29) is 18.2 Å². The van der Waals surface area contributed by atoms with E-state index in [1.54, 1.807) is 0 Å². The van der Waals surface area contributed by atoms with Gasteiger partial charge in [-0.05, 0) is 42.6 Å². The van der Waals surface area contributed by atoms with E-state index in [0.29, 0.717) is 6.07 Å². The van der Waals surface area contributed by atoms with Gasteiger partial charge in [-0.1, -0.05) is 24.3 Å². The molecule has 0 saturated heterocycles. The van der Waals surface area contributed by atoms with Crippen molar-refractivity contribution in [1.29, 1.82) is 0 Å². The first-order valence-electron chi connectivity index (χ1n) is 7.65. The Hall–Kier alpha value is -1.83. The summed E-state index contributed by atoms with van der Waals surface area (Å²) in [5, 5.41) is 3.25. The molecule has 1 heterocycles. The molecule has 128 valence electrons. The van der Waals surface area contributed by atoms with Gasteiger partial charge >= 0.3 is 0 Å². The van der Waals surface area contributed by atoms with Crippen LogP contribution < -0.4 is 10.0 Å². The second-order valence-corrected chi connectivity index (χ2v) is 7.57. The van der Waals surface area contributed by atoms with Gasteiger partial charge in [0.1, 0.15) is 16.5 Å². The van der Waals surface area contributed by atoms with Crippen LogP contribution in [0.5, 0.6) is 0 Å². The molecule has 7 heteroatoms. The van der Waals surface area contributed by atoms with Gasteiger partial charge in [0.2, 0.25) is 10.0 Å². The Morgan fingerprint density at radius 2 is 1.96 bits per heavy atom. The lowest BCUT2D eigenvalue weighted by Crippen LogP contribution is -2.39. The second kappa shape index (κ2) is 6.58. The molecule has 2 aromatic carbocycles. The first-order chi connectivity index (χ1) is 11.4. The standard InChI is InChI=1S/C17H18F2N2O2S/c1-11-8-17(15(19)9-14(11)18)24(22,23)21-10-16-13-5-3-2-4-12(13)6-7-20-16/h2-5,8-9,16,20-21H,6-7,10H2,1H3. The van der Waals surface area contributed by atoms with E-state index >= 15 is 0 Å². The lowest BCUT2D eigenvalue weighted by Gasteiger charge is -2.27. The van der Waals surface area contributed by atoms with Crippen LogP contribution in [0.15, 0.2) is 41.3 Å². The van der Waals surface area contributed by atoms with E-state index in [4.69, 9.17) is 0 Å². The molecule has 3 rings (SSSR count). The number of hydrogen-bond donors (Lipinski definition) is 2. The number of hydrogen-bond acceptors (Lipinski definition) is 3. The smallest absolute Gasteiger partial charge is 0.243 e. The highest BCUT2D eigenvalue weighted by molar-refractivity contribution is 7.89. The number of sulfonamides is 1. The van der Waals surface area contributed by atoms with Crippen LogP contribution in [0.4, 0.5) is 8.78 Å². The maximum Gasteiger partial charge on any atom is 0.243 e. The highest BCUT2D eigenvalue weighted by Crippen LogP contribution is 2.23. The van der Waals surface area contributed by atoms with Crippen LogP contribution >= 0.6 is 0 Å². The predicted molar refractivity (Wildman–Crippen MR) is 87.2 cm³/mol.